The second kappa shape index (κ2) is 4.58. The number of ether oxygens (including phenoxy) is 1. The topological polar surface area (TPSA) is 37.9 Å². The Labute approximate surface area is 99.4 Å². The molecule has 0 aliphatic rings. The fourth-order valence-electron chi connectivity index (χ4n) is 1.62. The number of rotatable bonds is 3. The third kappa shape index (κ3) is 2.04. The Kier molecular flexibility index (Phi) is 3.15. The molecule has 1 N–H and O–H groups in total. The molecule has 3 nitrogen and oxygen atoms in total. The average molecular weight is 237 g/mol. The van der Waals surface area contributed by atoms with Crippen LogP contribution in [-0.2, 0) is 6.42 Å². The largest absolute Gasteiger partial charge is 0.497 e. The highest BCUT2D eigenvalue weighted by atomic mass is 35.5. The predicted molar refractivity (Wildman–Crippen MR) is 65.0 cm³/mol. The first kappa shape index (κ1) is 11.0. The first-order valence-corrected chi connectivity index (χ1v) is 5.51. The molecule has 2 aromatic rings. The molecule has 0 spiro atoms. The van der Waals surface area contributed by atoms with Gasteiger partial charge in [-0.3, -0.25) is 0 Å². The fraction of sp³-hybridized carbons (Fsp3) is 0.250. The molecular weight excluding hydrogens is 224 g/mol. The molecule has 1 heterocycles. The van der Waals surface area contributed by atoms with E-state index in [1.165, 1.54) is 0 Å². The smallest absolute Gasteiger partial charge is 0.200 e. The van der Waals surface area contributed by atoms with Gasteiger partial charge in [-0.15, -0.1) is 0 Å². The summed E-state index contributed by atoms with van der Waals surface area (Å²) < 4.78 is 5.11. The van der Waals surface area contributed by atoms with Gasteiger partial charge in [-0.1, -0.05) is 6.92 Å². The van der Waals surface area contributed by atoms with Crippen LogP contribution in [-0.4, -0.2) is 17.1 Å². The Morgan fingerprint density at radius 3 is 2.56 bits per heavy atom. The minimum absolute atomic E-state index is 0.433. The Bertz CT molecular complexity index is 476. The molecule has 1 aromatic carbocycles. The molecule has 4 heteroatoms. The molecule has 0 saturated heterocycles. The molecule has 84 valence electrons. The van der Waals surface area contributed by atoms with Gasteiger partial charge < -0.3 is 9.72 Å². The number of H-pyrrole nitrogens is 1. The van der Waals surface area contributed by atoms with Crippen LogP contribution in [0.5, 0.6) is 5.75 Å². The SMILES string of the molecule is CCc1[nH]c(Cl)nc1-c1ccc(OC)cc1. The number of aromatic nitrogens is 2. The molecule has 0 amide bonds. The number of hydrogen-bond acceptors (Lipinski definition) is 2. The lowest BCUT2D eigenvalue weighted by Gasteiger charge is -2.02. The van der Waals surface area contributed by atoms with Crippen LogP contribution in [0.25, 0.3) is 11.3 Å². The van der Waals surface area contributed by atoms with E-state index in [4.69, 9.17) is 16.3 Å². The zero-order chi connectivity index (χ0) is 11.5. The van der Waals surface area contributed by atoms with Gasteiger partial charge in [0.15, 0.2) is 0 Å². The van der Waals surface area contributed by atoms with Gasteiger partial charge in [0.05, 0.1) is 12.8 Å². The van der Waals surface area contributed by atoms with Crippen molar-refractivity contribution in [2.45, 2.75) is 13.3 Å². The summed E-state index contributed by atoms with van der Waals surface area (Å²) in [6.07, 6.45) is 0.876. The zero-order valence-corrected chi connectivity index (χ0v) is 10.0. The number of aryl methyl sites for hydroxylation is 1. The highest BCUT2D eigenvalue weighted by Gasteiger charge is 2.09. The van der Waals surface area contributed by atoms with Crippen molar-refractivity contribution < 1.29 is 4.74 Å². The Balaban J connectivity index is 2.41. The van der Waals surface area contributed by atoms with Crippen LogP contribution in [0.2, 0.25) is 5.28 Å². The highest BCUT2D eigenvalue weighted by molar-refractivity contribution is 6.28. The van der Waals surface area contributed by atoms with E-state index in [2.05, 4.69) is 16.9 Å². The first-order valence-electron chi connectivity index (χ1n) is 5.13. The van der Waals surface area contributed by atoms with Gasteiger partial charge in [0.1, 0.15) is 5.75 Å². The Morgan fingerprint density at radius 1 is 1.31 bits per heavy atom. The number of hydrogen-bond donors (Lipinski definition) is 1. The second-order valence-electron chi connectivity index (χ2n) is 3.44. The standard InChI is InChI=1S/C12H13ClN2O/c1-3-10-11(15-12(13)14-10)8-4-6-9(16-2)7-5-8/h4-7H,3H2,1-2H3,(H,14,15). The summed E-state index contributed by atoms with van der Waals surface area (Å²) in [4.78, 5) is 7.32. The number of benzene rings is 1. The summed E-state index contributed by atoms with van der Waals surface area (Å²) in [5.41, 5.74) is 3.01. The number of methoxy groups -OCH3 is 1. The van der Waals surface area contributed by atoms with Crippen LogP contribution in [0.1, 0.15) is 12.6 Å². The van der Waals surface area contributed by atoms with Gasteiger partial charge in [0.2, 0.25) is 5.28 Å². The molecule has 0 aliphatic heterocycles. The molecule has 0 atom stereocenters. The molecule has 0 saturated carbocycles. The minimum Gasteiger partial charge on any atom is -0.497 e. The van der Waals surface area contributed by atoms with E-state index < -0.39 is 0 Å². The van der Waals surface area contributed by atoms with Crippen molar-refractivity contribution in [3.05, 3.63) is 35.2 Å². The predicted octanol–water partition coefficient (Wildman–Crippen LogP) is 3.30. The van der Waals surface area contributed by atoms with Crippen LogP contribution in [0.4, 0.5) is 0 Å². The van der Waals surface area contributed by atoms with Gasteiger partial charge in [0, 0.05) is 11.3 Å². The number of nitrogens with one attached hydrogen (secondary N) is 1. The average Bonchev–Trinajstić information content (AvgIpc) is 2.70. The second-order valence-corrected chi connectivity index (χ2v) is 3.79. The number of aromatic amines is 1. The maximum Gasteiger partial charge on any atom is 0.200 e. The molecule has 16 heavy (non-hydrogen) atoms. The van der Waals surface area contributed by atoms with E-state index in [9.17, 15) is 0 Å². The van der Waals surface area contributed by atoms with Crippen LogP contribution in [0.3, 0.4) is 0 Å². The third-order valence-corrected chi connectivity index (χ3v) is 2.65. The lowest BCUT2D eigenvalue weighted by molar-refractivity contribution is 0.415. The van der Waals surface area contributed by atoms with E-state index in [1.807, 2.05) is 24.3 Å². The van der Waals surface area contributed by atoms with Gasteiger partial charge in [0.25, 0.3) is 0 Å². The van der Waals surface area contributed by atoms with Crippen LogP contribution < -0.4 is 4.74 Å². The monoisotopic (exact) mass is 236 g/mol. The molecule has 0 fully saturated rings. The maximum atomic E-state index is 5.86. The lowest BCUT2D eigenvalue weighted by Crippen LogP contribution is -1.87. The molecule has 0 aliphatic carbocycles. The third-order valence-electron chi connectivity index (χ3n) is 2.47. The van der Waals surface area contributed by atoms with E-state index in [0.29, 0.717) is 5.28 Å². The van der Waals surface area contributed by atoms with Crippen molar-refractivity contribution >= 4 is 11.6 Å². The van der Waals surface area contributed by atoms with E-state index in [1.54, 1.807) is 7.11 Å². The van der Waals surface area contributed by atoms with Crippen LogP contribution in [0, 0.1) is 0 Å². The highest BCUT2D eigenvalue weighted by Crippen LogP contribution is 2.25. The van der Waals surface area contributed by atoms with E-state index >= 15 is 0 Å². The van der Waals surface area contributed by atoms with Crippen LogP contribution in [0.15, 0.2) is 24.3 Å². The minimum atomic E-state index is 0.433. The van der Waals surface area contributed by atoms with Gasteiger partial charge in [-0.05, 0) is 42.3 Å². The summed E-state index contributed by atoms with van der Waals surface area (Å²) in [7, 11) is 1.65. The summed E-state index contributed by atoms with van der Waals surface area (Å²) >= 11 is 5.86. The summed E-state index contributed by atoms with van der Waals surface area (Å²) in [6.45, 7) is 2.07. The summed E-state index contributed by atoms with van der Waals surface area (Å²) in [5, 5.41) is 0.433. The number of halogens is 1. The zero-order valence-electron chi connectivity index (χ0n) is 9.25. The van der Waals surface area contributed by atoms with Gasteiger partial charge in [-0.2, -0.15) is 0 Å². The van der Waals surface area contributed by atoms with Gasteiger partial charge in [-0.25, -0.2) is 4.98 Å². The normalized spacial score (nSPS) is 10.4. The van der Waals surface area contributed by atoms with E-state index in [-0.39, 0.29) is 0 Å². The summed E-state index contributed by atoms with van der Waals surface area (Å²) in [6, 6.07) is 7.78. The van der Waals surface area contributed by atoms with Gasteiger partial charge >= 0.3 is 0 Å². The van der Waals surface area contributed by atoms with Crippen molar-refractivity contribution in [3.63, 3.8) is 0 Å². The number of nitrogens with zero attached hydrogens (tertiary/aromatic N) is 1. The number of imidazole rings is 1. The molecule has 0 unspecified atom stereocenters. The van der Waals surface area contributed by atoms with Crippen LogP contribution >= 0.6 is 11.6 Å². The molecule has 0 bridgehead atoms. The molecule has 2 rings (SSSR count). The Morgan fingerprint density at radius 2 is 2.00 bits per heavy atom. The Hall–Kier alpha value is -1.48. The fourth-order valence-corrected chi connectivity index (χ4v) is 1.82. The molecule has 0 radical (unpaired) electrons. The van der Waals surface area contributed by atoms with Crippen molar-refractivity contribution in [2.24, 2.45) is 0 Å². The quantitative estimate of drug-likeness (QED) is 0.888. The first-order chi connectivity index (χ1) is 7.74. The molecule has 1 aromatic heterocycles. The lowest BCUT2D eigenvalue weighted by atomic mass is 10.1. The summed E-state index contributed by atoms with van der Waals surface area (Å²) in [5.74, 6) is 0.837. The molecular formula is C12H13ClN2O. The van der Waals surface area contributed by atoms with Crippen molar-refractivity contribution in [3.8, 4) is 17.0 Å². The maximum absolute atomic E-state index is 5.86. The van der Waals surface area contributed by atoms with E-state index in [0.717, 1.165) is 29.1 Å². The van der Waals surface area contributed by atoms with Crippen molar-refractivity contribution in [1.82, 2.24) is 9.97 Å². The van der Waals surface area contributed by atoms with Crippen molar-refractivity contribution in [2.75, 3.05) is 7.11 Å². The van der Waals surface area contributed by atoms with Crippen molar-refractivity contribution in [1.29, 1.82) is 0 Å².